The molecule has 53 valence electrons. The van der Waals surface area contributed by atoms with Gasteiger partial charge in [-0.3, -0.25) is 0 Å². The number of esters is 1. The monoisotopic (exact) mass is 158 g/mol. The molecule has 1 heterocycles. The number of hydrogen-bond acceptors (Lipinski definition) is 4. The third kappa shape index (κ3) is 1.24. The Morgan fingerprint density at radius 1 is 1.90 bits per heavy atom. The van der Waals surface area contributed by atoms with Gasteiger partial charge in [0.15, 0.2) is 5.03 Å². The second-order valence-corrected chi connectivity index (χ2v) is 1.94. The molecule has 0 aromatic carbocycles. The Labute approximate surface area is 62.6 Å². The Morgan fingerprint density at radius 3 is 3.00 bits per heavy atom. The van der Waals surface area contributed by atoms with Crippen molar-refractivity contribution in [3.8, 4) is 0 Å². The second-order valence-electron chi connectivity index (χ2n) is 1.52. The highest BCUT2D eigenvalue weighted by molar-refractivity contribution is 7.80. The first-order valence-electron chi connectivity index (χ1n) is 2.46. The van der Waals surface area contributed by atoms with Crippen molar-refractivity contribution in [3.63, 3.8) is 0 Å². The molecule has 1 aromatic rings. The minimum absolute atomic E-state index is 0.0347. The molecular formula is C5H4NO3S. The van der Waals surface area contributed by atoms with Crippen LogP contribution in [0, 0.1) is 0 Å². The van der Waals surface area contributed by atoms with E-state index in [1.165, 1.54) is 13.2 Å². The SMILES string of the molecule is COC(=O)c1cc([S])no1. The first kappa shape index (κ1) is 7.01. The summed E-state index contributed by atoms with van der Waals surface area (Å²) in [5.74, 6) is -0.531. The molecule has 0 fully saturated rings. The minimum Gasteiger partial charge on any atom is -0.463 e. The second kappa shape index (κ2) is 2.66. The number of carbonyl (C=O) groups is 1. The van der Waals surface area contributed by atoms with E-state index in [0.29, 0.717) is 0 Å². The number of carbonyl (C=O) groups excluding carboxylic acids is 1. The molecule has 1 aromatic heterocycles. The maximum Gasteiger partial charge on any atom is 0.376 e. The average molecular weight is 158 g/mol. The van der Waals surface area contributed by atoms with E-state index in [2.05, 4.69) is 27.0 Å². The van der Waals surface area contributed by atoms with Crippen LogP contribution in [0.15, 0.2) is 15.6 Å². The summed E-state index contributed by atoms with van der Waals surface area (Å²) < 4.78 is 8.82. The molecule has 1 rings (SSSR count). The van der Waals surface area contributed by atoms with Gasteiger partial charge in [-0.1, -0.05) is 17.8 Å². The lowest BCUT2D eigenvalue weighted by Crippen LogP contribution is -1.98. The van der Waals surface area contributed by atoms with Crippen LogP contribution in [0.25, 0.3) is 0 Å². The fourth-order valence-electron chi connectivity index (χ4n) is 0.456. The minimum atomic E-state index is -0.566. The summed E-state index contributed by atoms with van der Waals surface area (Å²) in [4.78, 5) is 10.6. The molecule has 0 saturated carbocycles. The van der Waals surface area contributed by atoms with Gasteiger partial charge in [0.1, 0.15) is 0 Å². The molecule has 10 heavy (non-hydrogen) atoms. The van der Waals surface area contributed by atoms with E-state index >= 15 is 0 Å². The van der Waals surface area contributed by atoms with Crippen LogP contribution in [-0.2, 0) is 4.74 Å². The lowest BCUT2D eigenvalue weighted by atomic mass is 10.5. The molecule has 0 aliphatic carbocycles. The first-order valence-corrected chi connectivity index (χ1v) is 2.87. The van der Waals surface area contributed by atoms with E-state index in [-0.39, 0.29) is 10.8 Å². The van der Waals surface area contributed by atoms with Gasteiger partial charge in [0.25, 0.3) is 0 Å². The van der Waals surface area contributed by atoms with Crippen LogP contribution in [-0.4, -0.2) is 18.2 Å². The van der Waals surface area contributed by atoms with Crippen LogP contribution >= 0.6 is 12.6 Å². The van der Waals surface area contributed by atoms with Gasteiger partial charge in [0, 0.05) is 6.07 Å². The predicted molar refractivity (Wildman–Crippen MR) is 33.7 cm³/mol. The molecule has 0 atom stereocenters. The first-order chi connectivity index (χ1) is 4.74. The quantitative estimate of drug-likeness (QED) is 0.572. The largest absolute Gasteiger partial charge is 0.463 e. The Bertz CT molecular complexity index is 245. The van der Waals surface area contributed by atoms with Crippen LogP contribution in [0.1, 0.15) is 10.6 Å². The van der Waals surface area contributed by atoms with Crippen molar-refractivity contribution in [2.45, 2.75) is 5.03 Å². The zero-order valence-corrected chi connectivity index (χ0v) is 5.97. The summed E-state index contributed by atoms with van der Waals surface area (Å²) in [7, 11) is 1.26. The molecular weight excluding hydrogens is 154 g/mol. The molecule has 0 saturated heterocycles. The van der Waals surface area contributed by atoms with Crippen molar-refractivity contribution in [2.24, 2.45) is 0 Å². The van der Waals surface area contributed by atoms with Gasteiger partial charge in [-0.15, -0.1) is 0 Å². The third-order valence-corrected chi connectivity index (χ3v) is 1.07. The van der Waals surface area contributed by atoms with Crippen LogP contribution in [0.2, 0.25) is 0 Å². The zero-order chi connectivity index (χ0) is 7.56. The van der Waals surface area contributed by atoms with Gasteiger partial charge in [0.2, 0.25) is 5.76 Å². The zero-order valence-electron chi connectivity index (χ0n) is 5.16. The number of aromatic nitrogens is 1. The van der Waals surface area contributed by atoms with Crippen molar-refractivity contribution in [1.29, 1.82) is 0 Å². The fourth-order valence-corrected chi connectivity index (χ4v) is 0.600. The van der Waals surface area contributed by atoms with Crippen molar-refractivity contribution in [3.05, 3.63) is 11.8 Å². The predicted octanol–water partition coefficient (Wildman–Crippen LogP) is 1.02. The normalized spacial score (nSPS) is 9.30. The molecule has 0 N–H and O–H groups in total. The summed E-state index contributed by atoms with van der Waals surface area (Å²) in [6.45, 7) is 0. The standard InChI is InChI=1S/C5H4NO3S/c1-8-5(7)3-2-4(10)6-9-3/h2H,1H3. The van der Waals surface area contributed by atoms with Gasteiger partial charge < -0.3 is 9.26 Å². The summed E-state index contributed by atoms with van der Waals surface area (Å²) in [6.07, 6.45) is 0. The molecule has 4 nitrogen and oxygen atoms in total. The Balaban J connectivity index is 2.85. The number of rotatable bonds is 1. The highest BCUT2D eigenvalue weighted by Gasteiger charge is 2.10. The van der Waals surface area contributed by atoms with E-state index in [0.717, 1.165) is 0 Å². The van der Waals surface area contributed by atoms with Gasteiger partial charge >= 0.3 is 5.97 Å². The van der Waals surface area contributed by atoms with Crippen molar-refractivity contribution in [1.82, 2.24) is 5.16 Å². The van der Waals surface area contributed by atoms with Crippen LogP contribution in [0.3, 0.4) is 0 Å². The molecule has 0 spiro atoms. The van der Waals surface area contributed by atoms with E-state index < -0.39 is 5.97 Å². The van der Waals surface area contributed by atoms with E-state index in [1.807, 2.05) is 0 Å². The maximum absolute atomic E-state index is 10.6. The number of nitrogens with zero attached hydrogens (tertiary/aromatic N) is 1. The summed E-state index contributed by atoms with van der Waals surface area (Å²) in [5, 5.41) is 3.58. The van der Waals surface area contributed by atoms with Crippen LogP contribution < -0.4 is 0 Å². The highest BCUT2D eigenvalue weighted by Crippen LogP contribution is 2.07. The number of hydrogen-bond donors (Lipinski definition) is 0. The Kier molecular flexibility index (Phi) is 1.86. The van der Waals surface area contributed by atoms with Crippen molar-refractivity contribution in [2.75, 3.05) is 7.11 Å². The fraction of sp³-hybridized carbons (Fsp3) is 0.200. The smallest absolute Gasteiger partial charge is 0.376 e. The molecule has 5 heteroatoms. The Morgan fingerprint density at radius 2 is 2.60 bits per heavy atom. The number of methoxy groups -OCH3 is 1. The number of ether oxygens (including phenoxy) is 1. The van der Waals surface area contributed by atoms with Gasteiger partial charge in [-0.25, -0.2) is 4.79 Å². The lowest BCUT2D eigenvalue weighted by Gasteiger charge is -1.88. The topological polar surface area (TPSA) is 52.3 Å². The van der Waals surface area contributed by atoms with Gasteiger partial charge in [-0.05, 0) is 0 Å². The van der Waals surface area contributed by atoms with Crippen molar-refractivity contribution >= 4 is 18.6 Å². The molecule has 1 radical (unpaired) electrons. The summed E-state index contributed by atoms with van der Waals surface area (Å²) in [5.41, 5.74) is 0. The summed E-state index contributed by atoms with van der Waals surface area (Å²) in [6, 6.07) is 1.33. The molecule has 0 aliphatic heterocycles. The molecule has 0 amide bonds. The molecule has 0 aliphatic rings. The van der Waals surface area contributed by atoms with Crippen LogP contribution in [0.5, 0.6) is 0 Å². The molecule has 0 bridgehead atoms. The van der Waals surface area contributed by atoms with Crippen LogP contribution in [0.4, 0.5) is 0 Å². The lowest BCUT2D eigenvalue weighted by molar-refractivity contribution is 0.0554. The average Bonchev–Trinajstić information content (AvgIpc) is 2.34. The van der Waals surface area contributed by atoms with Crippen molar-refractivity contribution < 1.29 is 14.1 Å². The molecule has 0 unspecified atom stereocenters. The third-order valence-electron chi connectivity index (χ3n) is 0.875. The Hall–Kier alpha value is -1.10. The van der Waals surface area contributed by atoms with E-state index in [4.69, 9.17) is 0 Å². The summed E-state index contributed by atoms with van der Waals surface area (Å²) >= 11 is 4.59. The van der Waals surface area contributed by atoms with Gasteiger partial charge in [0.05, 0.1) is 7.11 Å². The van der Waals surface area contributed by atoms with E-state index in [1.54, 1.807) is 0 Å². The highest BCUT2D eigenvalue weighted by atomic mass is 32.1. The maximum atomic E-state index is 10.6. The van der Waals surface area contributed by atoms with Gasteiger partial charge in [-0.2, -0.15) is 0 Å². The van der Waals surface area contributed by atoms with E-state index in [9.17, 15) is 4.79 Å².